The third-order valence-electron chi connectivity index (χ3n) is 1.99. The van der Waals surface area contributed by atoms with Crippen molar-refractivity contribution < 1.29 is 4.65 Å². The predicted octanol–water partition coefficient (Wildman–Crippen LogP) is 4.11. The van der Waals surface area contributed by atoms with Gasteiger partial charge in [-0.15, -0.1) is 0 Å². The van der Waals surface area contributed by atoms with Crippen molar-refractivity contribution in [3.05, 3.63) is 0 Å². The van der Waals surface area contributed by atoms with E-state index in [0.717, 1.165) is 11.8 Å². The third-order valence-corrected chi connectivity index (χ3v) is 1.99. The Morgan fingerprint density at radius 3 is 1.50 bits per heavy atom. The van der Waals surface area contributed by atoms with Crippen LogP contribution in [-0.4, -0.2) is 12.5 Å². The minimum absolute atomic E-state index is 0.00551. The lowest BCUT2D eigenvalue weighted by atomic mass is 9.55. The molecule has 0 saturated carbocycles. The third kappa shape index (κ3) is 8.62. The van der Waals surface area contributed by atoms with Gasteiger partial charge in [-0.05, 0) is 33.4 Å². The molecule has 0 amide bonds. The van der Waals surface area contributed by atoms with Crippen LogP contribution in [-0.2, 0) is 4.65 Å². The van der Waals surface area contributed by atoms with Gasteiger partial charge >= 0.3 is 0 Å². The molecule has 0 aliphatic heterocycles. The first kappa shape index (κ1) is 14.0. The quantitative estimate of drug-likeness (QED) is 0.604. The molecule has 0 aromatic rings. The molecule has 0 heterocycles. The molecule has 0 N–H and O–H groups in total. The Hall–Kier alpha value is 0.0249. The fourth-order valence-corrected chi connectivity index (χ4v) is 1.74. The van der Waals surface area contributed by atoms with Gasteiger partial charge < -0.3 is 4.65 Å². The van der Waals surface area contributed by atoms with Gasteiger partial charge in [-0.3, -0.25) is 0 Å². The molecule has 0 saturated heterocycles. The Balaban J connectivity index is 4.11. The Morgan fingerprint density at radius 1 is 0.929 bits per heavy atom. The molecule has 0 bridgehead atoms. The molecule has 0 fully saturated rings. The van der Waals surface area contributed by atoms with Gasteiger partial charge in [-0.2, -0.15) is 0 Å². The lowest BCUT2D eigenvalue weighted by molar-refractivity contribution is 0.125. The number of hydrogen-bond donors (Lipinski definition) is 0. The largest absolute Gasteiger partial charge is 0.432 e. The molecule has 84 valence electrons. The minimum atomic E-state index is -0.00551. The molecule has 0 aromatic heterocycles. The summed E-state index contributed by atoms with van der Waals surface area (Å²) in [6, 6.07) is 0. The van der Waals surface area contributed by atoms with Crippen LogP contribution >= 0.6 is 0 Å². The molecule has 0 atom stereocenters. The van der Waals surface area contributed by atoms with E-state index in [4.69, 9.17) is 4.65 Å². The van der Waals surface area contributed by atoms with Crippen molar-refractivity contribution in [1.29, 1.82) is 0 Å². The maximum absolute atomic E-state index is 6.06. The Bertz CT molecular complexity index is 137. The van der Waals surface area contributed by atoms with Crippen LogP contribution in [0.3, 0.4) is 0 Å². The highest BCUT2D eigenvalue weighted by atomic mass is 16.5. The monoisotopic (exact) mass is 198 g/mol. The van der Waals surface area contributed by atoms with Crippen molar-refractivity contribution in [2.24, 2.45) is 11.8 Å². The van der Waals surface area contributed by atoms with Gasteiger partial charge in [-0.25, -0.2) is 0 Å². The number of hydrogen-bond acceptors (Lipinski definition) is 1. The van der Waals surface area contributed by atoms with E-state index < -0.39 is 0 Å². The standard InChI is InChI=1S/C12H27BO/c1-10(2)8-13(9-11(3)4)14-12(5,6)7/h10-11H,8-9H2,1-7H3. The maximum atomic E-state index is 6.06. The first-order valence-electron chi connectivity index (χ1n) is 5.88. The second kappa shape index (κ2) is 5.80. The molecular formula is C12H27BO. The zero-order valence-electron chi connectivity index (χ0n) is 11.1. The van der Waals surface area contributed by atoms with E-state index in [9.17, 15) is 0 Å². The van der Waals surface area contributed by atoms with Gasteiger partial charge in [0.25, 0.3) is 6.92 Å². The van der Waals surface area contributed by atoms with Gasteiger partial charge in [0.2, 0.25) is 0 Å². The predicted molar refractivity (Wildman–Crippen MR) is 65.9 cm³/mol. The molecule has 2 heteroatoms. The zero-order chi connectivity index (χ0) is 11.4. The smallest absolute Gasteiger partial charge is 0.294 e. The highest BCUT2D eigenvalue weighted by molar-refractivity contribution is 6.52. The van der Waals surface area contributed by atoms with Crippen LogP contribution in [0, 0.1) is 11.8 Å². The molecular weight excluding hydrogens is 171 g/mol. The fourth-order valence-electron chi connectivity index (χ4n) is 1.74. The van der Waals surface area contributed by atoms with Crippen molar-refractivity contribution in [3.63, 3.8) is 0 Å². The summed E-state index contributed by atoms with van der Waals surface area (Å²) in [5, 5.41) is 0. The second-order valence-corrected chi connectivity index (χ2v) is 6.11. The van der Waals surface area contributed by atoms with Gasteiger partial charge in [0.1, 0.15) is 0 Å². The molecule has 0 aliphatic carbocycles. The zero-order valence-corrected chi connectivity index (χ0v) is 11.1. The average molecular weight is 198 g/mol. The van der Waals surface area contributed by atoms with E-state index in [0.29, 0.717) is 6.92 Å². The van der Waals surface area contributed by atoms with E-state index in [1.54, 1.807) is 0 Å². The van der Waals surface area contributed by atoms with E-state index >= 15 is 0 Å². The van der Waals surface area contributed by atoms with Gasteiger partial charge in [0.05, 0.1) is 0 Å². The van der Waals surface area contributed by atoms with Crippen LogP contribution in [0.1, 0.15) is 48.5 Å². The highest BCUT2D eigenvalue weighted by Gasteiger charge is 2.24. The van der Waals surface area contributed by atoms with Crippen molar-refractivity contribution in [3.8, 4) is 0 Å². The Morgan fingerprint density at radius 2 is 1.29 bits per heavy atom. The van der Waals surface area contributed by atoms with Crippen molar-refractivity contribution in [2.45, 2.75) is 66.7 Å². The van der Waals surface area contributed by atoms with E-state index in [1.165, 1.54) is 12.6 Å². The highest BCUT2D eigenvalue weighted by Crippen LogP contribution is 2.20. The maximum Gasteiger partial charge on any atom is 0.294 e. The van der Waals surface area contributed by atoms with Crippen LogP contribution in [0.15, 0.2) is 0 Å². The van der Waals surface area contributed by atoms with Crippen molar-refractivity contribution in [2.75, 3.05) is 0 Å². The van der Waals surface area contributed by atoms with E-state index in [1.807, 2.05) is 0 Å². The normalized spacial score (nSPS) is 12.6. The summed E-state index contributed by atoms with van der Waals surface area (Å²) in [7, 11) is 0. The summed E-state index contributed by atoms with van der Waals surface area (Å²) in [6.07, 6.45) is 2.35. The molecule has 14 heavy (non-hydrogen) atoms. The van der Waals surface area contributed by atoms with Gasteiger partial charge in [0, 0.05) is 5.60 Å². The van der Waals surface area contributed by atoms with E-state index in [2.05, 4.69) is 48.5 Å². The molecule has 0 unspecified atom stereocenters. The summed E-state index contributed by atoms with van der Waals surface area (Å²) in [4.78, 5) is 0. The summed E-state index contributed by atoms with van der Waals surface area (Å²) in [6.45, 7) is 15.9. The van der Waals surface area contributed by atoms with Crippen LogP contribution in [0.4, 0.5) is 0 Å². The van der Waals surface area contributed by atoms with Crippen LogP contribution < -0.4 is 0 Å². The molecule has 0 spiro atoms. The SMILES string of the molecule is CC(C)CB(CC(C)C)OC(C)(C)C. The minimum Gasteiger partial charge on any atom is -0.432 e. The molecule has 0 aliphatic rings. The van der Waals surface area contributed by atoms with Gasteiger partial charge in [-0.1, -0.05) is 39.5 Å². The van der Waals surface area contributed by atoms with Crippen LogP contribution in [0.25, 0.3) is 0 Å². The van der Waals surface area contributed by atoms with Crippen LogP contribution in [0.2, 0.25) is 12.6 Å². The first-order chi connectivity index (χ1) is 6.20. The summed E-state index contributed by atoms with van der Waals surface area (Å²) in [5.41, 5.74) is -0.00551. The first-order valence-corrected chi connectivity index (χ1v) is 5.88. The summed E-state index contributed by atoms with van der Waals surface area (Å²) >= 11 is 0. The van der Waals surface area contributed by atoms with Crippen LogP contribution in [0.5, 0.6) is 0 Å². The molecule has 0 rings (SSSR count). The second-order valence-electron chi connectivity index (χ2n) is 6.11. The molecule has 0 radical (unpaired) electrons. The molecule has 0 aromatic carbocycles. The van der Waals surface area contributed by atoms with Crippen molar-refractivity contribution >= 4 is 6.92 Å². The van der Waals surface area contributed by atoms with Gasteiger partial charge in [0.15, 0.2) is 0 Å². The van der Waals surface area contributed by atoms with Crippen molar-refractivity contribution in [1.82, 2.24) is 0 Å². The number of rotatable bonds is 5. The summed E-state index contributed by atoms with van der Waals surface area (Å²) in [5.74, 6) is 1.45. The fraction of sp³-hybridized carbons (Fsp3) is 1.00. The lowest BCUT2D eigenvalue weighted by Gasteiger charge is -2.27. The molecule has 1 nitrogen and oxygen atoms in total. The van der Waals surface area contributed by atoms with E-state index in [-0.39, 0.29) is 5.60 Å². The lowest BCUT2D eigenvalue weighted by Crippen LogP contribution is -2.32. The Labute approximate surface area is 90.7 Å². The summed E-state index contributed by atoms with van der Waals surface area (Å²) < 4.78 is 6.06. The Kier molecular flexibility index (Phi) is 5.81. The topological polar surface area (TPSA) is 9.23 Å². The average Bonchev–Trinajstić information content (AvgIpc) is 1.77.